The van der Waals surface area contributed by atoms with E-state index < -0.39 is 28.3 Å². The van der Waals surface area contributed by atoms with Crippen LogP contribution < -0.4 is 4.90 Å². The summed E-state index contributed by atoms with van der Waals surface area (Å²) in [4.78, 5) is 11.3. The largest absolute Gasteiger partial charge is 0.393 e. The van der Waals surface area contributed by atoms with Crippen LogP contribution >= 0.6 is 0 Å². The van der Waals surface area contributed by atoms with E-state index >= 15 is 0 Å². The third-order valence-corrected chi connectivity index (χ3v) is 4.35. The molecule has 1 aromatic rings. The van der Waals surface area contributed by atoms with Crippen LogP contribution in [-0.4, -0.2) is 29.2 Å². The summed E-state index contributed by atoms with van der Waals surface area (Å²) in [6.45, 7) is 0.866. The predicted octanol–water partition coefficient (Wildman–Crippen LogP) is 2.08. The molecule has 0 spiro atoms. The lowest BCUT2D eigenvalue weighted by Crippen LogP contribution is -2.26. The number of halogens is 2. The average molecular weight is 284 g/mol. The Morgan fingerprint density at radius 3 is 2.45 bits per heavy atom. The third kappa shape index (κ3) is 2.02. The van der Waals surface area contributed by atoms with Crippen molar-refractivity contribution >= 4 is 11.4 Å². The van der Waals surface area contributed by atoms with Crippen molar-refractivity contribution in [2.45, 2.75) is 18.9 Å². The molecule has 1 N–H and O–H groups in total. The Morgan fingerprint density at radius 2 is 1.90 bits per heavy atom. The van der Waals surface area contributed by atoms with E-state index in [1.54, 1.807) is 4.90 Å². The minimum absolute atomic E-state index is 0.0315. The van der Waals surface area contributed by atoms with Crippen LogP contribution in [0.3, 0.4) is 0 Å². The molecule has 0 amide bonds. The molecule has 1 aliphatic carbocycles. The number of rotatable bonds is 2. The molecule has 0 bridgehead atoms. The van der Waals surface area contributed by atoms with Crippen molar-refractivity contribution in [3.8, 4) is 0 Å². The topological polar surface area (TPSA) is 66.6 Å². The molecule has 0 aromatic heterocycles. The van der Waals surface area contributed by atoms with E-state index in [0.29, 0.717) is 13.1 Å². The fourth-order valence-corrected chi connectivity index (χ4v) is 3.38. The van der Waals surface area contributed by atoms with Crippen molar-refractivity contribution in [1.82, 2.24) is 0 Å². The molecule has 3 rings (SSSR count). The Hall–Kier alpha value is -1.76. The number of aliphatic hydroxyl groups is 1. The fourth-order valence-electron chi connectivity index (χ4n) is 3.38. The summed E-state index contributed by atoms with van der Waals surface area (Å²) >= 11 is 0. The van der Waals surface area contributed by atoms with Gasteiger partial charge in [0.1, 0.15) is 5.69 Å². The zero-order valence-corrected chi connectivity index (χ0v) is 10.6. The molecule has 108 valence electrons. The molecule has 3 unspecified atom stereocenters. The minimum Gasteiger partial charge on any atom is -0.393 e. The molecule has 7 heteroatoms. The van der Waals surface area contributed by atoms with Crippen LogP contribution in [-0.2, 0) is 0 Å². The van der Waals surface area contributed by atoms with Gasteiger partial charge in [0, 0.05) is 19.0 Å². The van der Waals surface area contributed by atoms with Crippen LogP contribution in [0.1, 0.15) is 12.8 Å². The van der Waals surface area contributed by atoms with Crippen molar-refractivity contribution in [2.24, 2.45) is 11.8 Å². The van der Waals surface area contributed by atoms with E-state index in [4.69, 9.17) is 0 Å². The maximum atomic E-state index is 13.9. The Morgan fingerprint density at radius 1 is 1.25 bits per heavy atom. The van der Waals surface area contributed by atoms with Gasteiger partial charge in [-0.25, -0.2) is 8.78 Å². The zero-order chi connectivity index (χ0) is 14.4. The SMILES string of the molecule is O=[N+]([O-])c1cc(F)c(N2CC3CCC(O)C3C2)c(F)c1. The number of hydrogen-bond donors (Lipinski definition) is 1. The maximum Gasteiger partial charge on any atom is 0.275 e. The Kier molecular flexibility index (Phi) is 3.08. The van der Waals surface area contributed by atoms with Crippen molar-refractivity contribution in [2.75, 3.05) is 18.0 Å². The molecule has 1 aromatic carbocycles. The quantitative estimate of drug-likeness (QED) is 0.667. The van der Waals surface area contributed by atoms with E-state index in [1.807, 2.05) is 0 Å². The van der Waals surface area contributed by atoms with Gasteiger partial charge in [-0.15, -0.1) is 0 Å². The van der Waals surface area contributed by atoms with Gasteiger partial charge in [0.2, 0.25) is 0 Å². The van der Waals surface area contributed by atoms with Crippen molar-refractivity contribution in [3.63, 3.8) is 0 Å². The van der Waals surface area contributed by atoms with Crippen LogP contribution in [0.4, 0.5) is 20.2 Å². The molecule has 5 nitrogen and oxygen atoms in total. The second kappa shape index (κ2) is 4.66. The van der Waals surface area contributed by atoms with Crippen molar-refractivity contribution < 1.29 is 18.8 Å². The lowest BCUT2D eigenvalue weighted by molar-refractivity contribution is -0.385. The molecule has 1 saturated heterocycles. The highest BCUT2D eigenvalue weighted by atomic mass is 19.1. The van der Waals surface area contributed by atoms with Gasteiger partial charge in [-0.3, -0.25) is 10.1 Å². The Labute approximate surface area is 114 Å². The van der Waals surface area contributed by atoms with Gasteiger partial charge < -0.3 is 10.0 Å². The number of nitro benzene ring substituents is 1. The summed E-state index contributed by atoms with van der Waals surface area (Å²) in [5, 5.41) is 20.4. The summed E-state index contributed by atoms with van der Waals surface area (Å²) in [7, 11) is 0. The van der Waals surface area contributed by atoms with Crippen LogP contribution in [0.25, 0.3) is 0 Å². The zero-order valence-electron chi connectivity index (χ0n) is 10.6. The van der Waals surface area contributed by atoms with E-state index in [1.165, 1.54) is 0 Å². The molecule has 2 aliphatic rings. The van der Waals surface area contributed by atoms with Gasteiger partial charge in [-0.05, 0) is 18.8 Å². The second-order valence-electron chi connectivity index (χ2n) is 5.49. The monoisotopic (exact) mass is 284 g/mol. The number of non-ortho nitro benzene ring substituents is 1. The van der Waals surface area contributed by atoms with Crippen molar-refractivity contribution in [3.05, 3.63) is 33.9 Å². The molecule has 0 radical (unpaired) electrons. The summed E-state index contributed by atoms with van der Waals surface area (Å²) in [6.07, 6.45) is 1.15. The highest BCUT2D eigenvalue weighted by molar-refractivity contribution is 5.54. The number of anilines is 1. The van der Waals surface area contributed by atoms with Crippen LogP contribution in [0.15, 0.2) is 12.1 Å². The van der Waals surface area contributed by atoms with Crippen LogP contribution in [0.2, 0.25) is 0 Å². The standard InChI is InChI=1S/C13H14F2N2O3/c14-10-3-8(17(19)20)4-11(15)13(10)16-5-7-1-2-12(18)9(7)6-16/h3-4,7,9,12,18H,1-2,5-6H2. The minimum atomic E-state index is -0.925. The van der Waals surface area contributed by atoms with E-state index in [9.17, 15) is 24.0 Å². The van der Waals surface area contributed by atoms with Crippen LogP contribution in [0.5, 0.6) is 0 Å². The lowest BCUT2D eigenvalue weighted by Gasteiger charge is -2.21. The molecule has 3 atom stereocenters. The van der Waals surface area contributed by atoms with Crippen LogP contribution in [0, 0.1) is 33.6 Å². The normalized spacial score (nSPS) is 28.8. The average Bonchev–Trinajstić information content (AvgIpc) is 2.91. The third-order valence-electron chi connectivity index (χ3n) is 4.35. The van der Waals surface area contributed by atoms with Gasteiger partial charge in [-0.1, -0.05) is 0 Å². The first-order chi connectivity index (χ1) is 9.47. The fraction of sp³-hybridized carbons (Fsp3) is 0.538. The van der Waals surface area contributed by atoms with Gasteiger partial charge in [0.05, 0.1) is 23.2 Å². The van der Waals surface area contributed by atoms with E-state index in [2.05, 4.69) is 0 Å². The number of nitrogens with zero attached hydrogens (tertiary/aromatic N) is 2. The first-order valence-electron chi connectivity index (χ1n) is 6.54. The van der Waals surface area contributed by atoms with Gasteiger partial charge in [0.25, 0.3) is 5.69 Å². The van der Waals surface area contributed by atoms with Gasteiger partial charge >= 0.3 is 0 Å². The number of fused-ring (bicyclic) bond motifs is 1. The molecule has 1 saturated carbocycles. The van der Waals surface area contributed by atoms with Gasteiger partial charge in [-0.2, -0.15) is 0 Å². The highest BCUT2D eigenvalue weighted by Gasteiger charge is 2.43. The summed E-state index contributed by atoms with van der Waals surface area (Å²) in [5.74, 6) is -1.58. The lowest BCUT2D eigenvalue weighted by atomic mass is 10.00. The summed E-state index contributed by atoms with van der Waals surface area (Å²) < 4.78 is 27.9. The molecule has 20 heavy (non-hydrogen) atoms. The van der Waals surface area contributed by atoms with E-state index in [-0.39, 0.29) is 17.5 Å². The van der Waals surface area contributed by atoms with E-state index in [0.717, 1.165) is 25.0 Å². The summed E-state index contributed by atoms with van der Waals surface area (Å²) in [5.41, 5.74) is -0.819. The number of nitro groups is 1. The highest BCUT2D eigenvalue weighted by Crippen LogP contribution is 2.41. The first-order valence-corrected chi connectivity index (χ1v) is 6.54. The summed E-state index contributed by atoms with van der Waals surface area (Å²) in [6, 6.07) is 1.48. The molecular weight excluding hydrogens is 270 g/mol. The molecule has 2 fully saturated rings. The predicted molar refractivity (Wildman–Crippen MR) is 67.4 cm³/mol. The van der Waals surface area contributed by atoms with Crippen molar-refractivity contribution in [1.29, 1.82) is 0 Å². The Balaban J connectivity index is 1.90. The smallest absolute Gasteiger partial charge is 0.275 e. The molecule has 1 heterocycles. The number of aliphatic hydroxyl groups excluding tert-OH is 1. The first kappa shape index (κ1) is 13.2. The Bertz CT molecular complexity index is 544. The molecular formula is C13H14F2N2O3. The number of hydrogen-bond acceptors (Lipinski definition) is 4. The number of benzene rings is 1. The second-order valence-corrected chi connectivity index (χ2v) is 5.49. The molecule has 1 aliphatic heterocycles. The van der Waals surface area contributed by atoms with Gasteiger partial charge in [0.15, 0.2) is 11.6 Å². The maximum absolute atomic E-state index is 13.9.